The molecule has 2 aliphatic rings. The predicted octanol–water partition coefficient (Wildman–Crippen LogP) is -0.182. The van der Waals surface area contributed by atoms with Gasteiger partial charge in [-0.2, -0.15) is 5.10 Å². The second-order valence-corrected chi connectivity index (χ2v) is 5.14. The van der Waals surface area contributed by atoms with E-state index in [1.54, 1.807) is 7.11 Å². The normalized spacial score (nSPS) is 28.3. The molecule has 6 nitrogen and oxygen atoms in total. The molecule has 0 spiro atoms. The Bertz CT molecular complexity index is 395. The summed E-state index contributed by atoms with van der Waals surface area (Å²) in [6.07, 6.45) is 2.91. The van der Waals surface area contributed by atoms with Crippen molar-refractivity contribution in [3.05, 3.63) is 12.3 Å². The van der Waals surface area contributed by atoms with Crippen LogP contribution in [-0.2, 0) is 4.74 Å². The number of methoxy groups -OCH3 is 1. The highest BCUT2D eigenvalue weighted by Gasteiger charge is 2.34. The molecular weight excluding hydrogens is 230 g/mol. The van der Waals surface area contributed by atoms with Gasteiger partial charge in [0.25, 0.3) is 0 Å². The molecule has 0 radical (unpaired) electrons. The third-order valence-electron chi connectivity index (χ3n) is 4.01. The molecule has 100 valence electrons. The molecule has 2 aliphatic heterocycles. The van der Waals surface area contributed by atoms with Gasteiger partial charge in [0.15, 0.2) is 0 Å². The SMILES string of the molecule is COC1(CNc2ccnn2C2CNC2)CCNC1. The molecule has 0 saturated carbocycles. The fourth-order valence-corrected chi connectivity index (χ4v) is 2.56. The van der Waals surface area contributed by atoms with Gasteiger partial charge in [0.05, 0.1) is 17.8 Å². The van der Waals surface area contributed by atoms with Gasteiger partial charge in [-0.3, -0.25) is 0 Å². The van der Waals surface area contributed by atoms with Gasteiger partial charge in [-0.15, -0.1) is 0 Å². The lowest BCUT2D eigenvalue weighted by molar-refractivity contribution is 0.0187. The Kier molecular flexibility index (Phi) is 3.23. The van der Waals surface area contributed by atoms with E-state index in [9.17, 15) is 0 Å². The molecule has 2 fully saturated rings. The van der Waals surface area contributed by atoms with E-state index in [0.29, 0.717) is 6.04 Å². The molecule has 6 heteroatoms. The van der Waals surface area contributed by atoms with E-state index in [4.69, 9.17) is 4.74 Å². The number of ether oxygens (including phenoxy) is 1. The second kappa shape index (κ2) is 4.87. The quantitative estimate of drug-likeness (QED) is 0.677. The zero-order valence-electron chi connectivity index (χ0n) is 10.8. The first kappa shape index (κ1) is 12.0. The van der Waals surface area contributed by atoms with Crippen LogP contribution in [0.1, 0.15) is 12.5 Å². The van der Waals surface area contributed by atoms with Crippen molar-refractivity contribution in [1.82, 2.24) is 20.4 Å². The molecule has 1 aromatic heterocycles. The number of aromatic nitrogens is 2. The average molecular weight is 251 g/mol. The van der Waals surface area contributed by atoms with E-state index >= 15 is 0 Å². The Balaban J connectivity index is 1.64. The van der Waals surface area contributed by atoms with Crippen molar-refractivity contribution in [3.63, 3.8) is 0 Å². The van der Waals surface area contributed by atoms with Crippen molar-refractivity contribution in [2.24, 2.45) is 0 Å². The smallest absolute Gasteiger partial charge is 0.124 e. The first-order valence-electron chi connectivity index (χ1n) is 6.57. The molecule has 1 aromatic rings. The Labute approximate surface area is 107 Å². The molecule has 0 aliphatic carbocycles. The Morgan fingerprint density at radius 2 is 2.44 bits per heavy atom. The number of rotatable bonds is 5. The van der Waals surface area contributed by atoms with Crippen molar-refractivity contribution in [3.8, 4) is 0 Å². The summed E-state index contributed by atoms with van der Waals surface area (Å²) in [5.41, 5.74) is -0.0764. The molecule has 3 rings (SSSR count). The summed E-state index contributed by atoms with van der Waals surface area (Å²) >= 11 is 0. The van der Waals surface area contributed by atoms with Crippen molar-refractivity contribution >= 4 is 5.82 Å². The van der Waals surface area contributed by atoms with E-state index in [0.717, 1.165) is 45.0 Å². The zero-order chi connectivity index (χ0) is 12.4. The number of nitrogens with zero attached hydrogens (tertiary/aromatic N) is 2. The maximum Gasteiger partial charge on any atom is 0.124 e. The van der Waals surface area contributed by atoms with Crippen LogP contribution in [0.5, 0.6) is 0 Å². The first-order valence-corrected chi connectivity index (χ1v) is 6.57. The Hall–Kier alpha value is -1.11. The van der Waals surface area contributed by atoms with Gasteiger partial charge in [0, 0.05) is 39.4 Å². The summed E-state index contributed by atoms with van der Waals surface area (Å²) < 4.78 is 7.74. The molecule has 0 amide bonds. The maximum absolute atomic E-state index is 5.67. The monoisotopic (exact) mass is 251 g/mol. The highest BCUT2D eigenvalue weighted by molar-refractivity contribution is 5.35. The third kappa shape index (κ3) is 2.11. The maximum atomic E-state index is 5.67. The van der Waals surface area contributed by atoms with Gasteiger partial charge in [-0.1, -0.05) is 0 Å². The van der Waals surface area contributed by atoms with Crippen LogP contribution in [0.25, 0.3) is 0 Å². The molecule has 0 aromatic carbocycles. The second-order valence-electron chi connectivity index (χ2n) is 5.14. The molecule has 3 heterocycles. The zero-order valence-corrected chi connectivity index (χ0v) is 10.8. The van der Waals surface area contributed by atoms with Crippen LogP contribution in [0.4, 0.5) is 5.82 Å². The Morgan fingerprint density at radius 1 is 1.56 bits per heavy atom. The summed E-state index contributed by atoms with van der Waals surface area (Å²) in [6, 6.07) is 2.52. The van der Waals surface area contributed by atoms with Crippen LogP contribution in [-0.4, -0.2) is 55.2 Å². The topological polar surface area (TPSA) is 63.1 Å². The van der Waals surface area contributed by atoms with Gasteiger partial charge >= 0.3 is 0 Å². The van der Waals surface area contributed by atoms with Crippen LogP contribution in [0.2, 0.25) is 0 Å². The van der Waals surface area contributed by atoms with Crippen molar-refractivity contribution < 1.29 is 4.74 Å². The lowest BCUT2D eigenvalue weighted by atomic mass is 10.0. The summed E-state index contributed by atoms with van der Waals surface area (Å²) in [5, 5.41) is 14.5. The molecule has 0 bridgehead atoms. The summed E-state index contributed by atoms with van der Waals surface area (Å²) in [5.74, 6) is 1.09. The highest BCUT2D eigenvalue weighted by atomic mass is 16.5. The van der Waals surface area contributed by atoms with Gasteiger partial charge in [-0.05, 0) is 13.0 Å². The molecular formula is C12H21N5O. The summed E-state index contributed by atoms with van der Waals surface area (Å²) in [4.78, 5) is 0. The molecule has 2 saturated heterocycles. The van der Waals surface area contributed by atoms with Gasteiger partial charge < -0.3 is 20.7 Å². The van der Waals surface area contributed by atoms with Crippen LogP contribution in [0, 0.1) is 0 Å². The van der Waals surface area contributed by atoms with E-state index in [1.165, 1.54) is 0 Å². The minimum Gasteiger partial charge on any atom is -0.375 e. The molecule has 18 heavy (non-hydrogen) atoms. The van der Waals surface area contributed by atoms with Gasteiger partial charge in [0.2, 0.25) is 0 Å². The fraction of sp³-hybridized carbons (Fsp3) is 0.750. The van der Waals surface area contributed by atoms with Crippen LogP contribution in [0.15, 0.2) is 12.3 Å². The summed E-state index contributed by atoms with van der Waals surface area (Å²) in [6.45, 7) is 4.78. The molecule has 3 N–H and O–H groups in total. The van der Waals surface area contributed by atoms with Gasteiger partial charge in [-0.25, -0.2) is 4.68 Å². The predicted molar refractivity (Wildman–Crippen MR) is 69.9 cm³/mol. The van der Waals surface area contributed by atoms with E-state index in [1.807, 2.05) is 12.3 Å². The van der Waals surface area contributed by atoms with Crippen LogP contribution < -0.4 is 16.0 Å². The van der Waals surface area contributed by atoms with Crippen molar-refractivity contribution in [2.45, 2.75) is 18.1 Å². The minimum atomic E-state index is -0.0764. The lowest BCUT2D eigenvalue weighted by Crippen LogP contribution is -2.45. The first-order chi connectivity index (χ1) is 8.83. The number of nitrogens with one attached hydrogen (secondary N) is 3. The van der Waals surface area contributed by atoms with E-state index < -0.39 is 0 Å². The van der Waals surface area contributed by atoms with Crippen molar-refractivity contribution in [2.75, 3.05) is 45.2 Å². The standard InChI is InChI=1S/C12H21N5O/c1-18-12(3-5-13-8-12)9-15-11-2-4-16-17(11)10-6-14-7-10/h2,4,10,13-15H,3,5-9H2,1H3. The lowest BCUT2D eigenvalue weighted by Gasteiger charge is -2.31. The van der Waals surface area contributed by atoms with Crippen LogP contribution in [0.3, 0.4) is 0 Å². The number of anilines is 1. The Morgan fingerprint density at radius 3 is 3.06 bits per heavy atom. The average Bonchev–Trinajstić information content (AvgIpc) is 2.94. The highest BCUT2D eigenvalue weighted by Crippen LogP contribution is 2.22. The fourth-order valence-electron chi connectivity index (χ4n) is 2.56. The number of hydrogen-bond donors (Lipinski definition) is 3. The van der Waals surface area contributed by atoms with E-state index in [2.05, 4.69) is 25.7 Å². The molecule has 1 atom stereocenters. The number of hydrogen-bond acceptors (Lipinski definition) is 5. The third-order valence-corrected chi connectivity index (χ3v) is 4.01. The molecule has 1 unspecified atom stereocenters. The van der Waals surface area contributed by atoms with Gasteiger partial charge in [0.1, 0.15) is 5.82 Å². The van der Waals surface area contributed by atoms with Crippen molar-refractivity contribution in [1.29, 1.82) is 0 Å². The minimum absolute atomic E-state index is 0.0764. The van der Waals surface area contributed by atoms with Crippen LogP contribution >= 0.6 is 0 Å². The van der Waals surface area contributed by atoms with E-state index in [-0.39, 0.29) is 5.60 Å². The summed E-state index contributed by atoms with van der Waals surface area (Å²) in [7, 11) is 1.79. The largest absolute Gasteiger partial charge is 0.375 e.